The number of anilines is 2. The van der Waals surface area contributed by atoms with Crippen LogP contribution >= 0.6 is 0 Å². The number of aliphatic imine (C=N–C) groups is 2. The zero-order valence-electron chi connectivity index (χ0n) is 13.9. The number of para-hydroxylation sites is 1. The lowest BCUT2D eigenvalue weighted by molar-refractivity contribution is -0.120. The highest BCUT2D eigenvalue weighted by Crippen LogP contribution is 2.40. The fraction of sp³-hybridized carbons (Fsp3) is 0.167. The van der Waals surface area contributed by atoms with Crippen molar-refractivity contribution in [3.05, 3.63) is 59.2 Å². The van der Waals surface area contributed by atoms with E-state index >= 15 is 0 Å². The zero-order chi connectivity index (χ0) is 17.6. The van der Waals surface area contributed by atoms with E-state index in [0.29, 0.717) is 17.2 Å². The standard InChI is InChI=1S/C18H18N6O/c1-10-7-8-12(9-11(10)2)20-17-22-16(19)23-18(24-17)13-5-3-4-6-14(13)21-15(18)25/h3-9H,1-2H3,(H,21,25)(H4,19,20,22,23,24)/t18-/m0/s1. The van der Waals surface area contributed by atoms with Gasteiger partial charge in [-0.3, -0.25) is 10.1 Å². The van der Waals surface area contributed by atoms with Crippen LogP contribution in [0.2, 0.25) is 0 Å². The molecule has 0 aromatic heterocycles. The Morgan fingerprint density at radius 1 is 1.04 bits per heavy atom. The van der Waals surface area contributed by atoms with Crippen LogP contribution in [-0.4, -0.2) is 17.8 Å². The van der Waals surface area contributed by atoms with E-state index in [4.69, 9.17) is 5.73 Å². The van der Waals surface area contributed by atoms with Crippen LogP contribution in [0.3, 0.4) is 0 Å². The first kappa shape index (κ1) is 15.2. The number of hydrogen-bond donors (Lipinski definition) is 4. The number of benzene rings is 2. The molecule has 2 aliphatic heterocycles. The highest BCUT2D eigenvalue weighted by atomic mass is 16.2. The van der Waals surface area contributed by atoms with Crippen molar-refractivity contribution in [1.82, 2.24) is 5.32 Å². The van der Waals surface area contributed by atoms with Crippen molar-refractivity contribution in [3.63, 3.8) is 0 Å². The first-order valence-corrected chi connectivity index (χ1v) is 7.95. The van der Waals surface area contributed by atoms with E-state index in [0.717, 1.165) is 11.3 Å². The number of nitrogens with zero attached hydrogens (tertiary/aromatic N) is 2. The van der Waals surface area contributed by atoms with Gasteiger partial charge in [0.25, 0.3) is 11.6 Å². The fourth-order valence-electron chi connectivity index (χ4n) is 3.00. The Hall–Kier alpha value is -3.35. The van der Waals surface area contributed by atoms with Crippen molar-refractivity contribution in [3.8, 4) is 0 Å². The van der Waals surface area contributed by atoms with Crippen molar-refractivity contribution >= 4 is 29.2 Å². The largest absolute Gasteiger partial charge is 0.370 e. The Balaban J connectivity index is 1.76. The van der Waals surface area contributed by atoms with E-state index in [1.165, 1.54) is 5.56 Å². The van der Waals surface area contributed by atoms with E-state index in [2.05, 4.69) is 32.9 Å². The second-order valence-electron chi connectivity index (χ2n) is 6.18. The number of carbonyl (C=O) groups is 1. The molecule has 126 valence electrons. The summed E-state index contributed by atoms with van der Waals surface area (Å²) < 4.78 is 0. The molecule has 2 heterocycles. The van der Waals surface area contributed by atoms with Gasteiger partial charge in [-0.15, -0.1) is 0 Å². The van der Waals surface area contributed by atoms with E-state index in [1.54, 1.807) is 0 Å². The zero-order valence-corrected chi connectivity index (χ0v) is 13.9. The minimum absolute atomic E-state index is 0.133. The SMILES string of the molecule is Cc1ccc(NC2=N[C@]3(N=C(N)N2)C(=O)Nc2ccccc23)cc1C. The van der Waals surface area contributed by atoms with Crippen molar-refractivity contribution in [2.45, 2.75) is 19.5 Å². The third-order valence-corrected chi connectivity index (χ3v) is 4.44. The Morgan fingerprint density at radius 2 is 1.84 bits per heavy atom. The molecular formula is C18H18N6O. The summed E-state index contributed by atoms with van der Waals surface area (Å²) in [6.07, 6.45) is 0. The lowest BCUT2D eigenvalue weighted by Crippen LogP contribution is -2.49. The average molecular weight is 334 g/mol. The van der Waals surface area contributed by atoms with E-state index < -0.39 is 5.66 Å². The minimum atomic E-state index is -1.39. The van der Waals surface area contributed by atoms with Crippen LogP contribution in [0.25, 0.3) is 0 Å². The maximum atomic E-state index is 12.6. The van der Waals surface area contributed by atoms with Gasteiger partial charge in [0, 0.05) is 16.9 Å². The highest BCUT2D eigenvalue weighted by molar-refractivity contribution is 6.13. The van der Waals surface area contributed by atoms with Crippen LogP contribution in [0.4, 0.5) is 11.4 Å². The van der Waals surface area contributed by atoms with E-state index in [-0.39, 0.29) is 11.9 Å². The molecule has 7 heteroatoms. The smallest absolute Gasteiger partial charge is 0.280 e. The molecular weight excluding hydrogens is 316 g/mol. The van der Waals surface area contributed by atoms with Gasteiger partial charge in [-0.05, 0) is 43.2 Å². The summed E-state index contributed by atoms with van der Waals surface area (Å²) in [7, 11) is 0. The second-order valence-corrected chi connectivity index (χ2v) is 6.18. The van der Waals surface area contributed by atoms with Gasteiger partial charge in [-0.2, -0.15) is 0 Å². The number of nitrogens with two attached hydrogens (primary N) is 1. The number of aryl methyl sites for hydroxylation is 2. The van der Waals surface area contributed by atoms with Crippen molar-refractivity contribution < 1.29 is 4.79 Å². The van der Waals surface area contributed by atoms with Crippen molar-refractivity contribution in [2.75, 3.05) is 10.6 Å². The van der Waals surface area contributed by atoms with E-state index in [1.807, 2.05) is 49.4 Å². The summed E-state index contributed by atoms with van der Waals surface area (Å²) >= 11 is 0. The average Bonchev–Trinajstić information content (AvgIpc) is 2.82. The molecule has 0 fully saturated rings. The third kappa shape index (κ3) is 2.40. The number of hydrogen-bond acceptors (Lipinski definition) is 6. The first-order valence-electron chi connectivity index (χ1n) is 7.95. The molecule has 2 aliphatic rings. The minimum Gasteiger partial charge on any atom is -0.370 e. The molecule has 0 saturated carbocycles. The lowest BCUT2D eigenvalue weighted by Gasteiger charge is -2.26. The van der Waals surface area contributed by atoms with Crippen LogP contribution in [0.5, 0.6) is 0 Å². The number of nitrogens with one attached hydrogen (secondary N) is 3. The number of guanidine groups is 2. The van der Waals surface area contributed by atoms with Crippen LogP contribution in [0.1, 0.15) is 16.7 Å². The lowest BCUT2D eigenvalue weighted by atomic mass is 10.0. The molecule has 1 amide bonds. The maximum absolute atomic E-state index is 12.6. The summed E-state index contributed by atoms with van der Waals surface area (Å²) in [6.45, 7) is 4.09. The molecule has 1 atom stereocenters. The molecule has 0 bridgehead atoms. The van der Waals surface area contributed by atoms with Gasteiger partial charge in [0.2, 0.25) is 5.96 Å². The van der Waals surface area contributed by atoms with Crippen molar-refractivity contribution in [1.29, 1.82) is 0 Å². The number of amides is 1. The molecule has 1 spiro atoms. The van der Waals surface area contributed by atoms with Gasteiger partial charge in [-0.25, -0.2) is 9.98 Å². The van der Waals surface area contributed by atoms with Crippen molar-refractivity contribution in [2.24, 2.45) is 15.7 Å². The number of rotatable bonds is 1. The van der Waals surface area contributed by atoms with Gasteiger partial charge in [-0.1, -0.05) is 24.3 Å². The molecule has 2 aromatic carbocycles. The predicted molar refractivity (Wildman–Crippen MR) is 98.5 cm³/mol. The van der Waals surface area contributed by atoms with Gasteiger partial charge in [0.15, 0.2) is 5.96 Å². The summed E-state index contributed by atoms with van der Waals surface area (Å²) in [4.78, 5) is 21.5. The molecule has 4 rings (SSSR count). The normalized spacial score (nSPS) is 21.1. The van der Waals surface area contributed by atoms with Crippen LogP contribution in [0, 0.1) is 13.8 Å². The Bertz CT molecular complexity index is 948. The maximum Gasteiger partial charge on any atom is 0.280 e. The van der Waals surface area contributed by atoms with Gasteiger partial charge < -0.3 is 16.4 Å². The summed E-state index contributed by atoms with van der Waals surface area (Å²) in [5.41, 5.74) is 9.14. The van der Waals surface area contributed by atoms with Crippen LogP contribution < -0.4 is 21.7 Å². The van der Waals surface area contributed by atoms with Gasteiger partial charge in [0.05, 0.1) is 0 Å². The summed E-state index contributed by atoms with van der Waals surface area (Å²) in [5, 5.41) is 8.88. The highest BCUT2D eigenvalue weighted by Gasteiger charge is 2.49. The Labute approximate surface area is 145 Å². The molecule has 0 saturated heterocycles. The summed E-state index contributed by atoms with van der Waals surface area (Å²) in [6, 6.07) is 13.3. The topological polar surface area (TPSA) is 104 Å². The van der Waals surface area contributed by atoms with E-state index in [9.17, 15) is 4.79 Å². The monoisotopic (exact) mass is 334 g/mol. The molecule has 7 nitrogen and oxygen atoms in total. The Kier molecular flexibility index (Phi) is 3.24. The van der Waals surface area contributed by atoms with Gasteiger partial charge >= 0.3 is 0 Å². The predicted octanol–water partition coefficient (Wildman–Crippen LogP) is 1.79. The molecule has 25 heavy (non-hydrogen) atoms. The molecule has 0 unspecified atom stereocenters. The molecule has 2 aromatic rings. The first-order chi connectivity index (χ1) is 12.0. The van der Waals surface area contributed by atoms with Crippen LogP contribution in [-0.2, 0) is 10.5 Å². The molecule has 5 N–H and O–H groups in total. The quantitative estimate of drug-likeness (QED) is 0.638. The fourth-order valence-corrected chi connectivity index (χ4v) is 3.00. The number of carbonyl (C=O) groups excluding carboxylic acids is 1. The molecule has 0 aliphatic carbocycles. The summed E-state index contributed by atoms with van der Waals surface area (Å²) in [5.74, 6) is 0.188. The number of fused-ring (bicyclic) bond motifs is 2. The van der Waals surface area contributed by atoms with Gasteiger partial charge in [0.1, 0.15) is 0 Å². The third-order valence-electron chi connectivity index (χ3n) is 4.44. The molecule has 0 radical (unpaired) electrons. The van der Waals surface area contributed by atoms with Crippen LogP contribution in [0.15, 0.2) is 52.4 Å². The Morgan fingerprint density at radius 3 is 2.64 bits per heavy atom. The second kappa shape index (κ2) is 5.34.